The molecule has 1 aromatic heterocycles. The van der Waals surface area contributed by atoms with E-state index in [-0.39, 0.29) is 0 Å². The van der Waals surface area contributed by atoms with Gasteiger partial charge in [-0.25, -0.2) is 5.84 Å². The Morgan fingerprint density at radius 1 is 1.37 bits per heavy atom. The fourth-order valence-corrected chi connectivity index (χ4v) is 1.89. The van der Waals surface area contributed by atoms with Crippen molar-refractivity contribution in [2.45, 2.75) is 6.54 Å². The van der Waals surface area contributed by atoms with Crippen LogP contribution in [0.5, 0.6) is 0 Å². The Hall–Kier alpha value is -2.11. The molecule has 0 atom stereocenters. The van der Waals surface area contributed by atoms with Gasteiger partial charge < -0.3 is 4.57 Å². The van der Waals surface area contributed by atoms with Gasteiger partial charge in [0.15, 0.2) is 0 Å². The summed E-state index contributed by atoms with van der Waals surface area (Å²) in [5.41, 5.74) is 2.01. The molecule has 0 spiro atoms. The van der Waals surface area contributed by atoms with E-state index in [1.807, 2.05) is 47.2 Å². The van der Waals surface area contributed by atoms with Gasteiger partial charge in [-0.3, -0.25) is 5.41 Å². The highest BCUT2D eigenvalue weighted by Crippen LogP contribution is 2.13. The van der Waals surface area contributed by atoms with E-state index in [4.69, 9.17) is 22.9 Å². The van der Waals surface area contributed by atoms with Gasteiger partial charge in [0.1, 0.15) is 6.34 Å². The number of aromatic nitrogens is 1. The van der Waals surface area contributed by atoms with Crippen molar-refractivity contribution in [1.29, 1.82) is 5.41 Å². The summed E-state index contributed by atoms with van der Waals surface area (Å²) >= 11 is 5.96. The Morgan fingerprint density at radius 2 is 2.21 bits per heavy atom. The molecular formula is C13H14ClN5. The van der Waals surface area contributed by atoms with Crippen molar-refractivity contribution in [3.8, 4) is 0 Å². The minimum Gasteiger partial charge on any atom is -0.342 e. The van der Waals surface area contributed by atoms with Gasteiger partial charge in [-0.05, 0) is 29.8 Å². The highest BCUT2D eigenvalue weighted by Gasteiger charge is 2.00. The summed E-state index contributed by atoms with van der Waals surface area (Å²) in [6.07, 6.45) is 4.49. The van der Waals surface area contributed by atoms with E-state index in [1.165, 1.54) is 0 Å². The molecule has 1 aromatic carbocycles. The molecule has 98 valence electrons. The number of hydrogen-bond acceptors (Lipinski definition) is 3. The van der Waals surface area contributed by atoms with Gasteiger partial charge in [-0.15, -0.1) is 0 Å². The predicted octanol–water partition coefficient (Wildman–Crippen LogP) is 2.31. The standard InChI is InChI=1S/C13H14ClN5/c14-12-4-1-3-11(7-12)9-18-6-2-5-13(18)8-17-19(16)10-15/h1-8,10,15H,9,16H2/b15-10?,17-8+. The first kappa shape index (κ1) is 13.3. The van der Waals surface area contributed by atoms with Gasteiger partial charge in [-0.2, -0.15) is 10.2 Å². The van der Waals surface area contributed by atoms with Crippen LogP contribution in [0.4, 0.5) is 0 Å². The van der Waals surface area contributed by atoms with Crippen LogP contribution in [0.3, 0.4) is 0 Å². The largest absolute Gasteiger partial charge is 0.342 e. The number of nitrogens with two attached hydrogens (primary N) is 1. The number of hydrazone groups is 1. The average Bonchev–Trinajstić information content (AvgIpc) is 2.83. The lowest BCUT2D eigenvalue weighted by atomic mass is 10.2. The van der Waals surface area contributed by atoms with Crippen LogP contribution in [-0.4, -0.2) is 22.2 Å². The first-order chi connectivity index (χ1) is 9.19. The Kier molecular flexibility index (Phi) is 4.33. The van der Waals surface area contributed by atoms with Crippen molar-refractivity contribution in [2.24, 2.45) is 10.9 Å². The van der Waals surface area contributed by atoms with E-state index in [1.54, 1.807) is 6.21 Å². The zero-order valence-electron chi connectivity index (χ0n) is 10.2. The molecule has 19 heavy (non-hydrogen) atoms. The summed E-state index contributed by atoms with van der Waals surface area (Å²) in [5, 5.41) is 12.5. The van der Waals surface area contributed by atoms with Gasteiger partial charge in [0.2, 0.25) is 0 Å². The molecule has 0 aliphatic heterocycles. The number of hydrazine groups is 1. The first-order valence-corrected chi connectivity index (χ1v) is 6.05. The maximum atomic E-state index is 6.93. The molecule has 0 bridgehead atoms. The van der Waals surface area contributed by atoms with Crippen LogP contribution in [0.15, 0.2) is 47.7 Å². The van der Waals surface area contributed by atoms with Crippen LogP contribution in [0, 0.1) is 5.41 Å². The van der Waals surface area contributed by atoms with Gasteiger partial charge >= 0.3 is 0 Å². The molecule has 0 amide bonds. The summed E-state index contributed by atoms with van der Waals surface area (Å²) in [5.74, 6) is 5.38. The molecule has 2 aromatic rings. The second-order valence-corrected chi connectivity index (χ2v) is 4.38. The summed E-state index contributed by atoms with van der Waals surface area (Å²) in [4.78, 5) is 0. The number of halogens is 1. The molecule has 0 radical (unpaired) electrons. The first-order valence-electron chi connectivity index (χ1n) is 5.67. The van der Waals surface area contributed by atoms with Crippen molar-refractivity contribution >= 4 is 24.2 Å². The predicted molar refractivity (Wildman–Crippen MR) is 77.4 cm³/mol. The fourth-order valence-electron chi connectivity index (χ4n) is 1.68. The molecule has 0 unspecified atom stereocenters. The van der Waals surface area contributed by atoms with Gasteiger partial charge in [0.05, 0.1) is 11.9 Å². The van der Waals surface area contributed by atoms with Crippen LogP contribution >= 0.6 is 11.6 Å². The third-order valence-electron chi connectivity index (χ3n) is 2.56. The molecule has 0 saturated heterocycles. The minimum atomic E-state index is 0.698. The lowest BCUT2D eigenvalue weighted by Gasteiger charge is -2.07. The van der Waals surface area contributed by atoms with Crippen molar-refractivity contribution < 1.29 is 0 Å². The van der Waals surface area contributed by atoms with Crippen molar-refractivity contribution in [1.82, 2.24) is 9.69 Å². The highest BCUT2D eigenvalue weighted by molar-refractivity contribution is 6.30. The van der Waals surface area contributed by atoms with Gasteiger partial charge in [-0.1, -0.05) is 23.7 Å². The highest BCUT2D eigenvalue weighted by atomic mass is 35.5. The number of nitrogens with zero attached hydrogens (tertiary/aromatic N) is 3. The van der Waals surface area contributed by atoms with Crippen molar-refractivity contribution in [3.63, 3.8) is 0 Å². The van der Waals surface area contributed by atoms with Crippen molar-refractivity contribution in [3.05, 3.63) is 58.9 Å². The third kappa shape index (κ3) is 3.67. The molecular weight excluding hydrogens is 262 g/mol. The quantitative estimate of drug-likeness (QED) is 0.380. The van der Waals surface area contributed by atoms with E-state index in [0.717, 1.165) is 27.7 Å². The Labute approximate surface area is 116 Å². The molecule has 0 fully saturated rings. The monoisotopic (exact) mass is 275 g/mol. The van der Waals surface area contributed by atoms with Gasteiger partial charge in [0, 0.05) is 17.8 Å². The second-order valence-electron chi connectivity index (χ2n) is 3.94. The van der Waals surface area contributed by atoms with Crippen LogP contribution in [0.25, 0.3) is 0 Å². The van der Waals surface area contributed by atoms with E-state index < -0.39 is 0 Å². The molecule has 0 saturated carbocycles. The molecule has 6 heteroatoms. The second kappa shape index (κ2) is 6.17. The molecule has 5 nitrogen and oxygen atoms in total. The van der Waals surface area contributed by atoms with Crippen LogP contribution in [0.1, 0.15) is 11.3 Å². The van der Waals surface area contributed by atoms with E-state index in [0.29, 0.717) is 6.54 Å². The number of nitrogens with one attached hydrogen (secondary N) is 1. The smallest absolute Gasteiger partial charge is 0.121 e. The van der Waals surface area contributed by atoms with E-state index >= 15 is 0 Å². The minimum absolute atomic E-state index is 0.698. The third-order valence-corrected chi connectivity index (χ3v) is 2.80. The normalized spacial score (nSPS) is 10.8. The number of benzene rings is 1. The molecule has 0 aliphatic rings. The number of hydrogen-bond donors (Lipinski definition) is 2. The van der Waals surface area contributed by atoms with Crippen LogP contribution in [-0.2, 0) is 6.54 Å². The van der Waals surface area contributed by atoms with Crippen LogP contribution < -0.4 is 5.84 Å². The van der Waals surface area contributed by atoms with E-state index in [9.17, 15) is 0 Å². The maximum absolute atomic E-state index is 6.93. The summed E-state index contributed by atoms with van der Waals surface area (Å²) in [6, 6.07) is 11.6. The maximum Gasteiger partial charge on any atom is 0.121 e. The summed E-state index contributed by atoms with van der Waals surface area (Å²) in [6.45, 7) is 0.698. The molecule has 2 rings (SSSR count). The van der Waals surface area contributed by atoms with Crippen LogP contribution in [0.2, 0.25) is 5.02 Å². The zero-order chi connectivity index (χ0) is 13.7. The fraction of sp³-hybridized carbons (Fsp3) is 0.0769. The lowest BCUT2D eigenvalue weighted by Crippen LogP contribution is -2.22. The molecule has 1 heterocycles. The Balaban J connectivity index is 2.16. The molecule has 0 aliphatic carbocycles. The Bertz CT molecular complexity index is 590. The average molecular weight is 276 g/mol. The zero-order valence-corrected chi connectivity index (χ0v) is 11.0. The lowest BCUT2D eigenvalue weighted by molar-refractivity contribution is 0.485. The van der Waals surface area contributed by atoms with Gasteiger partial charge in [0.25, 0.3) is 0 Å². The van der Waals surface area contributed by atoms with E-state index in [2.05, 4.69) is 5.10 Å². The SMILES string of the molecule is N=CN(N)/N=C/c1cccn1Cc1cccc(Cl)c1. The summed E-state index contributed by atoms with van der Waals surface area (Å²) in [7, 11) is 0. The topological polar surface area (TPSA) is 70.4 Å². The Morgan fingerprint density at radius 3 is 2.95 bits per heavy atom. The van der Waals surface area contributed by atoms with Crippen molar-refractivity contribution in [2.75, 3.05) is 0 Å². The summed E-state index contributed by atoms with van der Waals surface area (Å²) < 4.78 is 2.02. The number of rotatable bonds is 5. The molecule has 3 N–H and O–H groups in total.